The molecule has 1 aromatic rings. The lowest BCUT2D eigenvalue weighted by molar-refractivity contribution is 0.197. The Bertz CT molecular complexity index is 574. The molecular formula is C18H32IN5S. The van der Waals surface area contributed by atoms with Crippen molar-refractivity contribution < 1.29 is 0 Å². The van der Waals surface area contributed by atoms with Crippen LogP contribution in [0.5, 0.6) is 0 Å². The van der Waals surface area contributed by atoms with Gasteiger partial charge in [-0.15, -0.1) is 35.3 Å². The first-order chi connectivity index (χ1) is 11.6. The molecule has 0 unspecified atom stereocenters. The second kappa shape index (κ2) is 9.50. The van der Waals surface area contributed by atoms with E-state index in [2.05, 4.69) is 41.3 Å². The van der Waals surface area contributed by atoms with Crippen LogP contribution < -0.4 is 10.6 Å². The van der Waals surface area contributed by atoms with E-state index in [0.29, 0.717) is 12.0 Å². The largest absolute Gasteiger partial charge is 0.354 e. The summed E-state index contributed by atoms with van der Waals surface area (Å²) in [5.74, 6) is 1.39. The lowest BCUT2D eigenvalue weighted by Gasteiger charge is -2.33. The number of rotatable bonds is 5. The molecule has 2 N–H and O–H groups in total. The molecule has 25 heavy (non-hydrogen) atoms. The van der Waals surface area contributed by atoms with Crippen molar-refractivity contribution in [3.05, 3.63) is 15.6 Å². The maximum atomic E-state index is 4.77. The Balaban J connectivity index is 0.00000225. The Kier molecular flexibility index (Phi) is 7.94. The van der Waals surface area contributed by atoms with Gasteiger partial charge in [0.1, 0.15) is 5.01 Å². The molecular weight excluding hydrogens is 445 g/mol. The minimum absolute atomic E-state index is 0. The number of thiazole rings is 1. The van der Waals surface area contributed by atoms with E-state index in [1.165, 1.54) is 49.3 Å². The van der Waals surface area contributed by atoms with Crippen molar-refractivity contribution in [3.8, 4) is 0 Å². The third-order valence-corrected chi connectivity index (χ3v) is 5.97. The number of halogens is 1. The van der Waals surface area contributed by atoms with Crippen molar-refractivity contribution in [2.45, 2.75) is 71.0 Å². The van der Waals surface area contributed by atoms with Crippen LogP contribution >= 0.6 is 35.3 Å². The molecule has 0 aromatic carbocycles. The van der Waals surface area contributed by atoms with Crippen LogP contribution in [-0.4, -0.2) is 48.1 Å². The summed E-state index contributed by atoms with van der Waals surface area (Å²) >= 11 is 1.79. The number of nitrogens with one attached hydrogen (secondary N) is 2. The van der Waals surface area contributed by atoms with Crippen LogP contribution in [0.2, 0.25) is 0 Å². The zero-order valence-corrected chi connectivity index (χ0v) is 19.0. The molecule has 2 heterocycles. The van der Waals surface area contributed by atoms with Crippen molar-refractivity contribution >= 4 is 41.3 Å². The lowest BCUT2D eigenvalue weighted by Crippen LogP contribution is -2.48. The van der Waals surface area contributed by atoms with Crippen LogP contribution in [0.4, 0.5) is 0 Å². The van der Waals surface area contributed by atoms with Crippen molar-refractivity contribution in [2.75, 3.05) is 20.1 Å². The van der Waals surface area contributed by atoms with E-state index in [9.17, 15) is 0 Å². The topological polar surface area (TPSA) is 52.6 Å². The van der Waals surface area contributed by atoms with E-state index < -0.39 is 0 Å². The number of guanidine groups is 1. The fraction of sp³-hybridized carbons (Fsp3) is 0.778. The standard InChI is InChI=1S/C18H31N5S.HI/c1-12(2)17-13(3)24-16(22-17)11-20-18(19-4)21-14-7-9-23(10-8-14)15-5-6-15;/h12,14-15H,5-11H2,1-4H3,(H2,19,20,21);1H. The van der Waals surface area contributed by atoms with E-state index in [1.54, 1.807) is 11.3 Å². The first-order valence-electron chi connectivity index (χ1n) is 9.24. The SMILES string of the molecule is CN=C(NCc1nc(C(C)C)c(C)s1)NC1CCN(C2CC2)CC1.I. The summed E-state index contributed by atoms with van der Waals surface area (Å²) in [6, 6.07) is 1.43. The van der Waals surface area contributed by atoms with Crippen LogP contribution in [0.25, 0.3) is 0 Å². The Labute approximate surface area is 173 Å². The average molecular weight is 477 g/mol. The summed E-state index contributed by atoms with van der Waals surface area (Å²) in [5, 5.41) is 8.16. The fourth-order valence-electron chi connectivity index (χ4n) is 3.47. The number of likely N-dealkylation sites (tertiary alicyclic amines) is 1. The van der Waals surface area contributed by atoms with E-state index >= 15 is 0 Å². The van der Waals surface area contributed by atoms with Gasteiger partial charge in [-0.2, -0.15) is 0 Å². The second-order valence-corrected chi connectivity index (χ2v) is 8.60. The third kappa shape index (κ3) is 5.79. The zero-order chi connectivity index (χ0) is 17.1. The molecule has 0 amide bonds. The molecule has 2 aliphatic rings. The van der Waals surface area contributed by atoms with Gasteiger partial charge < -0.3 is 15.5 Å². The van der Waals surface area contributed by atoms with Crippen LogP contribution in [0.1, 0.15) is 61.0 Å². The molecule has 1 aromatic heterocycles. The van der Waals surface area contributed by atoms with Gasteiger partial charge in [0.15, 0.2) is 5.96 Å². The van der Waals surface area contributed by atoms with Crippen molar-refractivity contribution in [1.82, 2.24) is 20.5 Å². The molecule has 1 saturated carbocycles. The number of piperidine rings is 1. The number of aryl methyl sites for hydroxylation is 1. The van der Waals surface area contributed by atoms with Gasteiger partial charge in [-0.05, 0) is 38.5 Å². The minimum atomic E-state index is 0. The predicted octanol–water partition coefficient (Wildman–Crippen LogP) is 3.48. The summed E-state index contributed by atoms with van der Waals surface area (Å²) < 4.78 is 0. The van der Waals surface area contributed by atoms with Gasteiger partial charge in [0, 0.05) is 37.1 Å². The molecule has 3 rings (SSSR count). The molecule has 1 aliphatic heterocycles. The Morgan fingerprint density at radius 2 is 1.96 bits per heavy atom. The van der Waals surface area contributed by atoms with E-state index in [4.69, 9.17) is 4.98 Å². The normalized spacial score (nSPS) is 19.8. The van der Waals surface area contributed by atoms with E-state index in [0.717, 1.165) is 23.6 Å². The highest BCUT2D eigenvalue weighted by atomic mass is 127. The van der Waals surface area contributed by atoms with Gasteiger partial charge in [0.05, 0.1) is 12.2 Å². The molecule has 142 valence electrons. The maximum Gasteiger partial charge on any atom is 0.191 e. The smallest absolute Gasteiger partial charge is 0.191 e. The van der Waals surface area contributed by atoms with Gasteiger partial charge >= 0.3 is 0 Å². The summed E-state index contributed by atoms with van der Waals surface area (Å²) in [5.41, 5.74) is 1.23. The van der Waals surface area contributed by atoms with E-state index in [1.807, 2.05) is 7.05 Å². The monoisotopic (exact) mass is 477 g/mol. The third-order valence-electron chi connectivity index (χ3n) is 4.99. The maximum absolute atomic E-state index is 4.77. The van der Waals surface area contributed by atoms with Gasteiger partial charge in [-0.25, -0.2) is 4.98 Å². The molecule has 0 atom stereocenters. The fourth-order valence-corrected chi connectivity index (χ4v) is 4.50. The average Bonchev–Trinajstić information content (AvgIpc) is 3.34. The highest BCUT2D eigenvalue weighted by Gasteiger charge is 2.31. The van der Waals surface area contributed by atoms with Gasteiger partial charge in [-0.1, -0.05) is 13.8 Å². The first-order valence-corrected chi connectivity index (χ1v) is 10.1. The minimum Gasteiger partial charge on any atom is -0.354 e. The van der Waals surface area contributed by atoms with Crippen molar-refractivity contribution in [3.63, 3.8) is 0 Å². The molecule has 0 spiro atoms. The van der Waals surface area contributed by atoms with Gasteiger partial charge in [0.2, 0.25) is 0 Å². The number of hydrogen-bond donors (Lipinski definition) is 2. The Morgan fingerprint density at radius 3 is 2.48 bits per heavy atom. The molecule has 0 radical (unpaired) electrons. The van der Waals surface area contributed by atoms with Gasteiger partial charge in [0.25, 0.3) is 0 Å². The summed E-state index contributed by atoms with van der Waals surface area (Å²) in [7, 11) is 1.85. The summed E-state index contributed by atoms with van der Waals surface area (Å²) in [6.45, 7) is 9.77. The lowest BCUT2D eigenvalue weighted by atomic mass is 10.1. The number of nitrogens with zero attached hydrogens (tertiary/aromatic N) is 3. The van der Waals surface area contributed by atoms with Crippen molar-refractivity contribution in [1.29, 1.82) is 0 Å². The molecule has 5 nitrogen and oxygen atoms in total. The van der Waals surface area contributed by atoms with Crippen LogP contribution in [0.15, 0.2) is 4.99 Å². The number of hydrogen-bond acceptors (Lipinski definition) is 4. The highest BCUT2D eigenvalue weighted by molar-refractivity contribution is 14.0. The Morgan fingerprint density at radius 1 is 1.28 bits per heavy atom. The second-order valence-electron chi connectivity index (χ2n) is 7.32. The molecule has 1 saturated heterocycles. The zero-order valence-electron chi connectivity index (χ0n) is 15.8. The summed E-state index contributed by atoms with van der Waals surface area (Å²) in [4.78, 5) is 13.1. The highest BCUT2D eigenvalue weighted by Crippen LogP contribution is 2.29. The van der Waals surface area contributed by atoms with Crippen molar-refractivity contribution in [2.24, 2.45) is 4.99 Å². The van der Waals surface area contributed by atoms with Crippen LogP contribution in [0.3, 0.4) is 0 Å². The number of aliphatic imine (C=N–C) groups is 1. The molecule has 1 aliphatic carbocycles. The molecule has 2 fully saturated rings. The summed E-state index contributed by atoms with van der Waals surface area (Å²) in [6.07, 6.45) is 5.25. The molecule has 7 heteroatoms. The number of aromatic nitrogens is 1. The van der Waals surface area contributed by atoms with Gasteiger partial charge in [-0.3, -0.25) is 4.99 Å². The Hall–Kier alpha value is -0.410. The van der Waals surface area contributed by atoms with E-state index in [-0.39, 0.29) is 24.0 Å². The first kappa shape index (κ1) is 20.9. The van der Waals surface area contributed by atoms with Crippen LogP contribution in [-0.2, 0) is 6.54 Å². The quantitative estimate of drug-likeness (QED) is 0.388. The van der Waals surface area contributed by atoms with Crippen LogP contribution in [0, 0.1) is 6.92 Å². The molecule has 0 bridgehead atoms. The predicted molar refractivity (Wildman–Crippen MR) is 117 cm³/mol.